The van der Waals surface area contributed by atoms with Gasteiger partial charge in [0.25, 0.3) is 0 Å². The van der Waals surface area contributed by atoms with Crippen molar-refractivity contribution < 1.29 is 24.2 Å². The number of fused-ring (bicyclic) bond motifs is 1. The molecule has 0 saturated carbocycles. The van der Waals surface area contributed by atoms with Gasteiger partial charge in [0.2, 0.25) is 5.91 Å². The first kappa shape index (κ1) is 15.8. The quantitative estimate of drug-likeness (QED) is 0.727. The standard InChI is InChI=1S/C14H12ClNO6/c1-6-7-2-9(15)10(17)4-11(7)22-14(21)8(6)3-12(18)16-5-13(19)20/h2,4,17H,3,5H2,1H3,(H,16,18)(H,19,20). The van der Waals surface area contributed by atoms with Gasteiger partial charge in [0.1, 0.15) is 17.9 Å². The average molecular weight is 326 g/mol. The van der Waals surface area contributed by atoms with Gasteiger partial charge in [-0.05, 0) is 18.6 Å². The van der Waals surface area contributed by atoms with E-state index in [4.69, 9.17) is 21.1 Å². The summed E-state index contributed by atoms with van der Waals surface area (Å²) in [5.41, 5.74) is 0.0204. The van der Waals surface area contributed by atoms with E-state index in [0.717, 1.165) is 0 Å². The molecule has 1 aromatic carbocycles. The lowest BCUT2D eigenvalue weighted by Gasteiger charge is -2.08. The highest BCUT2D eigenvalue weighted by Crippen LogP contribution is 2.30. The van der Waals surface area contributed by atoms with E-state index >= 15 is 0 Å². The maximum atomic E-state index is 11.9. The van der Waals surface area contributed by atoms with Crippen molar-refractivity contribution in [1.29, 1.82) is 0 Å². The van der Waals surface area contributed by atoms with Gasteiger partial charge in [0.15, 0.2) is 0 Å². The minimum Gasteiger partial charge on any atom is -0.506 e. The third kappa shape index (κ3) is 3.20. The first-order valence-electron chi connectivity index (χ1n) is 6.23. The monoisotopic (exact) mass is 325 g/mol. The Hall–Kier alpha value is -2.54. The molecule has 0 fully saturated rings. The van der Waals surface area contributed by atoms with Crippen LogP contribution in [0, 0.1) is 6.92 Å². The van der Waals surface area contributed by atoms with Crippen molar-refractivity contribution in [1.82, 2.24) is 5.32 Å². The second-order valence-electron chi connectivity index (χ2n) is 4.64. The number of carbonyl (C=O) groups is 2. The summed E-state index contributed by atoms with van der Waals surface area (Å²) in [6.45, 7) is 1.09. The van der Waals surface area contributed by atoms with Crippen LogP contribution in [0.2, 0.25) is 5.02 Å². The van der Waals surface area contributed by atoms with Crippen LogP contribution in [0.1, 0.15) is 11.1 Å². The highest BCUT2D eigenvalue weighted by Gasteiger charge is 2.16. The Morgan fingerprint density at radius 2 is 2.05 bits per heavy atom. The predicted molar refractivity (Wildman–Crippen MR) is 78.2 cm³/mol. The third-order valence-electron chi connectivity index (χ3n) is 3.13. The minimum atomic E-state index is -1.18. The van der Waals surface area contributed by atoms with Crippen molar-refractivity contribution in [2.75, 3.05) is 6.54 Å². The number of rotatable bonds is 4. The number of hydrogen-bond donors (Lipinski definition) is 3. The van der Waals surface area contributed by atoms with Crippen molar-refractivity contribution in [2.45, 2.75) is 13.3 Å². The molecule has 0 atom stereocenters. The maximum absolute atomic E-state index is 11.9. The molecule has 1 amide bonds. The Bertz CT molecular complexity index is 826. The van der Waals surface area contributed by atoms with Crippen LogP contribution in [0.5, 0.6) is 5.75 Å². The molecule has 0 radical (unpaired) electrons. The van der Waals surface area contributed by atoms with Crippen LogP contribution in [0.25, 0.3) is 11.0 Å². The number of benzene rings is 1. The number of aryl methyl sites for hydroxylation is 1. The number of carbonyl (C=O) groups excluding carboxylic acids is 1. The van der Waals surface area contributed by atoms with Crippen molar-refractivity contribution in [3.05, 3.63) is 38.7 Å². The summed E-state index contributed by atoms with van der Waals surface area (Å²) >= 11 is 5.83. The predicted octanol–water partition coefficient (Wildman–Crippen LogP) is 1.20. The third-order valence-corrected chi connectivity index (χ3v) is 3.43. The zero-order valence-corrected chi connectivity index (χ0v) is 12.2. The number of hydrogen-bond acceptors (Lipinski definition) is 5. The first-order chi connectivity index (χ1) is 10.3. The Kier molecular flexibility index (Phi) is 4.37. The summed E-state index contributed by atoms with van der Waals surface area (Å²) < 4.78 is 5.07. The van der Waals surface area contributed by atoms with Gasteiger partial charge in [-0.2, -0.15) is 0 Å². The Morgan fingerprint density at radius 3 is 2.68 bits per heavy atom. The molecular weight excluding hydrogens is 314 g/mol. The van der Waals surface area contributed by atoms with Gasteiger partial charge in [-0.15, -0.1) is 0 Å². The smallest absolute Gasteiger partial charge is 0.340 e. The lowest BCUT2D eigenvalue weighted by atomic mass is 10.0. The molecule has 0 spiro atoms. The summed E-state index contributed by atoms with van der Waals surface area (Å²) in [5.74, 6) is -2.01. The van der Waals surface area contributed by atoms with Crippen molar-refractivity contribution in [3.8, 4) is 5.75 Å². The molecule has 0 bridgehead atoms. The molecule has 2 rings (SSSR count). The van der Waals surface area contributed by atoms with Crippen LogP contribution >= 0.6 is 11.6 Å². The highest BCUT2D eigenvalue weighted by atomic mass is 35.5. The van der Waals surface area contributed by atoms with Gasteiger partial charge in [0.05, 0.1) is 17.0 Å². The number of carboxylic acids is 1. The number of amides is 1. The number of phenols is 1. The van der Waals surface area contributed by atoms with Crippen molar-refractivity contribution in [3.63, 3.8) is 0 Å². The fourth-order valence-corrected chi connectivity index (χ4v) is 2.16. The normalized spacial score (nSPS) is 10.6. The lowest BCUT2D eigenvalue weighted by Crippen LogP contribution is -2.32. The zero-order valence-electron chi connectivity index (χ0n) is 11.5. The Balaban J connectivity index is 2.42. The van der Waals surface area contributed by atoms with Crippen molar-refractivity contribution in [2.24, 2.45) is 0 Å². The second-order valence-corrected chi connectivity index (χ2v) is 5.05. The molecule has 0 aliphatic rings. The summed E-state index contributed by atoms with van der Waals surface area (Å²) in [4.78, 5) is 34.0. The van der Waals surface area contributed by atoms with Gasteiger partial charge in [-0.25, -0.2) is 4.79 Å². The van der Waals surface area contributed by atoms with Crippen LogP contribution in [0.15, 0.2) is 21.3 Å². The number of carboxylic acid groups (broad SMARTS) is 1. The maximum Gasteiger partial charge on any atom is 0.340 e. The molecule has 7 nitrogen and oxygen atoms in total. The largest absolute Gasteiger partial charge is 0.506 e. The summed E-state index contributed by atoms with van der Waals surface area (Å²) in [6.07, 6.45) is -0.310. The molecule has 0 unspecified atom stereocenters. The number of nitrogens with one attached hydrogen (secondary N) is 1. The van der Waals surface area contributed by atoms with E-state index in [1.54, 1.807) is 6.92 Å². The number of aromatic hydroxyl groups is 1. The van der Waals surface area contributed by atoms with Gasteiger partial charge in [-0.3, -0.25) is 9.59 Å². The number of phenolic OH excluding ortho intramolecular Hbond substituents is 1. The van der Waals surface area contributed by atoms with E-state index in [1.807, 2.05) is 0 Å². The van der Waals surface area contributed by atoms with E-state index < -0.39 is 24.0 Å². The zero-order chi connectivity index (χ0) is 16.4. The van der Waals surface area contributed by atoms with E-state index in [0.29, 0.717) is 10.9 Å². The van der Waals surface area contributed by atoms with Crippen LogP contribution in [-0.2, 0) is 16.0 Å². The Morgan fingerprint density at radius 1 is 1.36 bits per heavy atom. The first-order valence-corrected chi connectivity index (χ1v) is 6.60. The summed E-state index contributed by atoms with van der Waals surface area (Å²) in [6, 6.07) is 2.66. The van der Waals surface area contributed by atoms with Crippen LogP contribution in [0.3, 0.4) is 0 Å². The molecule has 116 valence electrons. The molecular formula is C14H12ClNO6. The highest BCUT2D eigenvalue weighted by molar-refractivity contribution is 6.32. The molecule has 2 aromatic rings. The van der Waals surface area contributed by atoms with Crippen molar-refractivity contribution >= 4 is 34.4 Å². The molecule has 3 N–H and O–H groups in total. The fourth-order valence-electron chi connectivity index (χ4n) is 2.00. The van der Waals surface area contributed by atoms with E-state index in [9.17, 15) is 19.5 Å². The minimum absolute atomic E-state index is 0.0886. The molecule has 22 heavy (non-hydrogen) atoms. The molecule has 0 saturated heterocycles. The number of halogens is 1. The molecule has 1 aromatic heterocycles. The molecule has 1 heterocycles. The second kappa shape index (κ2) is 6.07. The molecule has 0 aliphatic heterocycles. The Labute approximate surface area is 129 Å². The summed E-state index contributed by atoms with van der Waals surface area (Å²) in [5, 5.41) is 20.8. The van der Waals surface area contributed by atoms with Gasteiger partial charge < -0.3 is 19.9 Å². The number of aliphatic carboxylic acids is 1. The van der Waals surface area contributed by atoms with Gasteiger partial charge >= 0.3 is 11.6 Å². The molecule has 8 heteroatoms. The SMILES string of the molecule is Cc1c(CC(=O)NCC(=O)O)c(=O)oc2cc(O)c(Cl)cc12. The lowest BCUT2D eigenvalue weighted by molar-refractivity contribution is -0.137. The average Bonchev–Trinajstić information content (AvgIpc) is 2.44. The molecule has 0 aliphatic carbocycles. The van der Waals surface area contributed by atoms with Gasteiger partial charge in [-0.1, -0.05) is 11.6 Å². The fraction of sp³-hybridized carbons (Fsp3) is 0.214. The van der Waals surface area contributed by atoms with Crippen LogP contribution in [-0.4, -0.2) is 28.6 Å². The van der Waals surface area contributed by atoms with E-state index in [-0.39, 0.29) is 28.3 Å². The van der Waals surface area contributed by atoms with E-state index in [2.05, 4.69) is 5.32 Å². The van der Waals surface area contributed by atoms with Crippen LogP contribution in [0.4, 0.5) is 0 Å². The topological polar surface area (TPSA) is 117 Å². The van der Waals surface area contributed by atoms with Crippen LogP contribution < -0.4 is 10.9 Å². The van der Waals surface area contributed by atoms with E-state index in [1.165, 1.54) is 12.1 Å². The van der Waals surface area contributed by atoms with Gasteiger partial charge in [0, 0.05) is 11.5 Å². The summed E-state index contributed by atoms with van der Waals surface area (Å²) in [7, 11) is 0.